The summed E-state index contributed by atoms with van der Waals surface area (Å²) in [6, 6.07) is 10.2. The Balaban J connectivity index is 2.68. The van der Waals surface area contributed by atoms with Crippen molar-refractivity contribution >= 4 is 17.7 Å². The molecule has 0 aromatic heterocycles. The molecule has 0 bridgehead atoms. The van der Waals surface area contributed by atoms with Gasteiger partial charge in [0.1, 0.15) is 6.61 Å². The molecule has 2 nitrogen and oxygen atoms in total. The molecule has 0 N–H and O–H groups in total. The summed E-state index contributed by atoms with van der Waals surface area (Å²) in [5, 5.41) is 0.258. The van der Waals surface area contributed by atoms with Crippen LogP contribution in [0.15, 0.2) is 35.2 Å². The highest BCUT2D eigenvalue weighted by atomic mass is 32.2. The molecule has 0 heterocycles. The number of benzene rings is 1. The van der Waals surface area contributed by atoms with Gasteiger partial charge < -0.3 is 4.74 Å². The van der Waals surface area contributed by atoms with Crippen molar-refractivity contribution in [2.24, 2.45) is 5.41 Å². The lowest BCUT2D eigenvalue weighted by Gasteiger charge is -2.29. The number of rotatable bonds is 4. The maximum absolute atomic E-state index is 10.9. The van der Waals surface area contributed by atoms with Gasteiger partial charge in [-0.3, -0.25) is 4.79 Å². The van der Waals surface area contributed by atoms with Crippen molar-refractivity contribution < 1.29 is 9.53 Å². The molecular formula is C14H20O2S. The maximum Gasteiger partial charge on any atom is 0.302 e. The number of esters is 1. The summed E-state index contributed by atoms with van der Waals surface area (Å²) in [5.41, 5.74) is 0.0932. The highest BCUT2D eigenvalue weighted by molar-refractivity contribution is 8.00. The van der Waals surface area contributed by atoms with E-state index in [9.17, 15) is 4.79 Å². The Morgan fingerprint density at radius 1 is 1.29 bits per heavy atom. The van der Waals surface area contributed by atoms with Crippen LogP contribution in [0.25, 0.3) is 0 Å². The minimum absolute atomic E-state index is 0.0932. The molecule has 0 aliphatic carbocycles. The lowest BCUT2D eigenvalue weighted by molar-refractivity contribution is -0.141. The van der Waals surface area contributed by atoms with Gasteiger partial charge in [0.15, 0.2) is 0 Å². The lowest BCUT2D eigenvalue weighted by atomic mass is 9.92. The van der Waals surface area contributed by atoms with Crippen molar-refractivity contribution in [3.8, 4) is 0 Å². The monoisotopic (exact) mass is 252 g/mol. The summed E-state index contributed by atoms with van der Waals surface area (Å²) in [7, 11) is 0. The molecule has 94 valence electrons. The molecule has 1 unspecified atom stereocenters. The third kappa shape index (κ3) is 5.26. The molecule has 17 heavy (non-hydrogen) atoms. The zero-order valence-electron chi connectivity index (χ0n) is 10.9. The Kier molecular flexibility index (Phi) is 5.06. The molecule has 0 radical (unpaired) electrons. The molecule has 1 aromatic rings. The predicted molar refractivity (Wildman–Crippen MR) is 72.2 cm³/mol. The van der Waals surface area contributed by atoms with Gasteiger partial charge in [-0.2, -0.15) is 0 Å². The standard InChI is InChI=1S/C14H20O2S/c1-11(15)16-10-13(14(2,3)4)17-12-8-6-5-7-9-12/h5-9,13H,10H2,1-4H3. The normalized spacial score (nSPS) is 13.2. The number of hydrogen-bond donors (Lipinski definition) is 0. The average Bonchev–Trinajstić information content (AvgIpc) is 2.23. The predicted octanol–water partition coefficient (Wildman–Crippen LogP) is 3.76. The summed E-state index contributed by atoms with van der Waals surface area (Å²) in [4.78, 5) is 12.1. The molecule has 0 saturated carbocycles. The van der Waals surface area contributed by atoms with Crippen LogP contribution in [-0.2, 0) is 9.53 Å². The van der Waals surface area contributed by atoms with E-state index in [2.05, 4.69) is 32.9 Å². The fourth-order valence-electron chi connectivity index (χ4n) is 1.32. The average molecular weight is 252 g/mol. The molecule has 1 atom stereocenters. The van der Waals surface area contributed by atoms with Crippen LogP contribution >= 0.6 is 11.8 Å². The summed E-state index contributed by atoms with van der Waals surface area (Å²) in [5.74, 6) is -0.215. The van der Waals surface area contributed by atoms with Crippen LogP contribution in [0.2, 0.25) is 0 Å². The van der Waals surface area contributed by atoms with Crippen molar-refractivity contribution in [3.05, 3.63) is 30.3 Å². The van der Waals surface area contributed by atoms with Crippen LogP contribution < -0.4 is 0 Å². The van der Waals surface area contributed by atoms with Crippen LogP contribution in [-0.4, -0.2) is 17.8 Å². The number of carbonyl (C=O) groups is 1. The quantitative estimate of drug-likeness (QED) is 0.603. The lowest BCUT2D eigenvalue weighted by Crippen LogP contribution is -2.28. The van der Waals surface area contributed by atoms with E-state index < -0.39 is 0 Å². The van der Waals surface area contributed by atoms with Gasteiger partial charge in [-0.05, 0) is 17.5 Å². The molecule has 1 rings (SSSR count). The Bertz CT molecular complexity index is 354. The van der Waals surface area contributed by atoms with Crippen LogP contribution in [0.3, 0.4) is 0 Å². The minimum Gasteiger partial charge on any atom is -0.465 e. The van der Waals surface area contributed by atoms with Crippen LogP contribution in [0, 0.1) is 5.41 Å². The van der Waals surface area contributed by atoms with Crippen LogP contribution in [0.4, 0.5) is 0 Å². The topological polar surface area (TPSA) is 26.3 Å². The van der Waals surface area contributed by atoms with Gasteiger partial charge in [0, 0.05) is 17.1 Å². The molecule has 0 aliphatic rings. The molecular weight excluding hydrogens is 232 g/mol. The zero-order chi connectivity index (χ0) is 12.9. The Hall–Kier alpha value is -0.960. The van der Waals surface area contributed by atoms with Crippen LogP contribution in [0.1, 0.15) is 27.7 Å². The highest BCUT2D eigenvalue weighted by Gasteiger charge is 2.26. The zero-order valence-corrected chi connectivity index (χ0v) is 11.7. The minimum atomic E-state index is -0.215. The third-order valence-corrected chi connectivity index (χ3v) is 4.10. The first-order valence-corrected chi connectivity index (χ1v) is 6.62. The summed E-state index contributed by atoms with van der Waals surface area (Å²) in [6.07, 6.45) is 0. The molecule has 1 aromatic carbocycles. The van der Waals surface area contributed by atoms with Gasteiger partial charge >= 0.3 is 5.97 Å². The van der Waals surface area contributed by atoms with Gasteiger partial charge in [0.2, 0.25) is 0 Å². The van der Waals surface area contributed by atoms with E-state index in [0.29, 0.717) is 6.61 Å². The van der Waals surface area contributed by atoms with E-state index >= 15 is 0 Å². The fourth-order valence-corrected chi connectivity index (χ4v) is 2.45. The second-order valence-corrected chi connectivity index (χ2v) is 6.36. The maximum atomic E-state index is 10.9. The van der Waals surface area contributed by atoms with Crippen molar-refractivity contribution in [2.45, 2.75) is 37.8 Å². The van der Waals surface area contributed by atoms with Gasteiger partial charge in [-0.1, -0.05) is 39.0 Å². The number of thioether (sulfide) groups is 1. The summed E-state index contributed by atoms with van der Waals surface area (Å²) >= 11 is 1.76. The Labute approximate surface area is 108 Å². The van der Waals surface area contributed by atoms with Crippen molar-refractivity contribution in [2.75, 3.05) is 6.61 Å². The van der Waals surface area contributed by atoms with E-state index in [1.807, 2.05) is 18.2 Å². The Morgan fingerprint density at radius 2 is 1.88 bits per heavy atom. The first-order valence-electron chi connectivity index (χ1n) is 5.74. The second-order valence-electron chi connectivity index (χ2n) is 5.09. The van der Waals surface area contributed by atoms with E-state index in [4.69, 9.17) is 4.74 Å². The number of ether oxygens (including phenoxy) is 1. The fraction of sp³-hybridized carbons (Fsp3) is 0.500. The smallest absolute Gasteiger partial charge is 0.302 e. The molecule has 0 amide bonds. The van der Waals surface area contributed by atoms with Crippen molar-refractivity contribution in [1.82, 2.24) is 0 Å². The SMILES string of the molecule is CC(=O)OCC(Sc1ccccc1)C(C)(C)C. The molecule has 3 heteroatoms. The summed E-state index contributed by atoms with van der Waals surface area (Å²) < 4.78 is 5.14. The first-order chi connectivity index (χ1) is 7.89. The molecule has 0 fully saturated rings. The van der Waals surface area contributed by atoms with Gasteiger partial charge in [0.05, 0.1) is 0 Å². The molecule has 0 aliphatic heterocycles. The first kappa shape index (κ1) is 14.1. The largest absolute Gasteiger partial charge is 0.465 e. The molecule has 0 spiro atoms. The second kappa shape index (κ2) is 6.10. The Morgan fingerprint density at radius 3 is 2.35 bits per heavy atom. The van der Waals surface area contributed by atoms with E-state index in [-0.39, 0.29) is 16.6 Å². The third-order valence-electron chi connectivity index (χ3n) is 2.43. The summed E-state index contributed by atoms with van der Waals surface area (Å²) in [6.45, 7) is 8.40. The van der Waals surface area contributed by atoms with Crippen molar-refractivity contribution in [3.63, 3.8) is 0 Å². The highest BCUT2D eigenvalue weighted by Crippen LogP contribution is 2.35. The van der Waals surface area contributed by atoms with E-state index in [0.717, 1.165) is 0 Å². The van der Waals surface area contributed by atoms with Gasteiger partial charge in [0.25, 0.3) is 0 Å². The number of hydrogen-bond acceptors (Lipinski definition) is 3. The van der Waals surface area contributed by atoms with E-state index in [1.54, 1.807) is 11.8 Å². The van der Waals surface area contributed by atoms with Gasteiger partial charge in [-0.25, -0.2) is 0 Å². The van der Waals surface area contributed by atoms with Gasteiger partial charge in [-0.15, -0.1) is 11.8 Å². The number of carbonyl (C=O) groups excluding carboxylic acids is 1. The van der Waals surface area contributed by atoms with E-state index in [1.165, 1.54) is 11.8 Å². The molecule has 0 saturated heterocycles. The van der Waals surface area contributed by atoms with Crippen LogP contribution in [0.5, 0.6) is 0 Å². The van der Waals surface area contributed by atoms with Crippen molar-refractivity contribution in [1.29, 1.82) is 0 Å².